The molecule has 1 amide bonds. The van der Waals surface area contributed by atoms with E-state index in [2.05, 4.69) is 0 Å². The molecule has 2 aliphatic rings. The van der Waals surface area contributed by atoms with Crippen LogP contribution in [0.3, 0.4) is 0 Å². The van der Waals surface area contributed by atoms with Crippen LogP contribution in [-0.4, -0.2) is 23.9 Å². The molecule has 2 heterocycles. The number of benzene rings is 3. The maximum atomic E-state index is 14.9. The van der Waals surface area contributed by atoms with E-state index in [1.54, 1.807) is 17.0 Å². The van der Waals surface area contributed by atoms with E-state index in [0.717, 1.165) is 18.9 Å². The number of carbonyl (C=O) groups is 1. The van der Waals surface area contributed by atoms with E-state index in [9.17, 15) is 13.6 Å². The van der Waals surface area contributed by atoms with E-state index in [1.165, 1.54) is 36.4 Å². The second-order valence-corrected chi connectivity index (χ2v) is 8.57. The largest absolute Gasteiger partial charge is 0.440 e. The first kappa shape index (κ1) is 21.0. The molecule has 1 saturated heterocycles. The molecule has 2 aliphatic heterocycles. The number of amides is 1. The predicted octanol–water partition coefficient (Wildman–Crippen LogP) is 6.18. The van der Waals surface area contributed by atoms with Gasteiger partial charge in [-0.05, 0) is 61.4 Å². The van der Waals surface area contributed by atoms with Crippen LogP contribution in [0, 0.1) is 11.6 Å². The summed E-state index contributed by atoms with van der Waals surface area (Å²) in [5.41, 5.74) is 0.748. The number of hydrogen-bond donors (Lipinski definition) is 0. The summed E-state index contributed by atoms with van der Waals surface area (Å²) in [6, 6.07) is 12.8. The number of carbonyl (C=O) groups excluding carboxylic acids is 1. The second-order valence-electron chi connectivity index (χ2n) is 7.73. The normalized spacial score (nSPS) is 19.4. The number of nitrogens with zero attached hydrogens (tertiary/aromatic N) is 1. The van der Waals surface area contributed by atoms with E-state index >= 15 is 0 Å². The standard InChI is InChI=1S/C24H17Cl2F2NO3/c25-15-5-8-18(19(26)11-15)24(14-3-6-16(27)7-4-14)31-21-12-17(20(28)13-22(21)32-24)23(30)29-9-1-2-10-29/h3-8,11-13H,1-2,9-10H2. The van der Waals surface area contributed by atoms with E-state index in [1.807, 2.05) is 0 Å². The number of halogens is 4. The van der Waals surface area contributed by atoms with Gasteiger partial charge in [0, 0.05) is 29.7 Å². The zero-order valence-corrected chi connectivity index (χ0v) is 18.2. The summed E-state index contributed by atoms with van der Waals surface area (Å²) in [5.74, 6) is -2.86. The highest BCUT2D eigenvalue weighted by Gasteiger charge is 2.47. The van der Waals surface area contributed by atoms with Gasteiger partial charge in [-0.3, -0.25) is 4.79 Å². The monoisotopic (exact) mass is 475 g/mol. The highest BCUT2D eigenvalue weighted by Crippen LogP contribution is 2.50. The van der Waals surface area contributed by atoms with Gasteiger partial charge in [0.05, 0.1) is 16.1 Å². The van der Waals surface area contributed by atoms with E-state index in [0.29, 0.717) is 29.2 Å². The fourth-order valence-electron chi connectivity index (χ4n) is 4.09. The number of hydrogen-bond acceptors (Lipinski definition) is 3. The van der Waals surface area contributed by atoms with Crippen LogP contribution in [-0.2, 0) is 5.79 Å². The topological polar surface area (TPSA) is 38.8 Å². The fourth-order valence-corrected chi connectivity index (χ4v) is 4.62. The lowest BCUT2D eigenvalue weighted by molar-refractivity contribution is -0.0459. The highest BCUT2D eigenvalue weighted by molar-refractivity contribution is 6.35. The van der Waals surface area contributed by atoms with Crippen molar-refractivity contribution in [1.29, 1.82) is 0 Å². The molecule has 1 atom stereocenters. The zero-order chi connectivity index (χ0) is 22.5. The number of rotatable bonds is 3. The van der Waals surface area contributed by atoms with Gasteiger partial charge in [-0.1, -0.05) is 23.2 Å². The summed E-state index contributed by atoms with van der Waals surface area (Å²) in [4.78, 5) is 14.4. The smallest absolute Gasteiger partial charge is 0.307 e. The molecule has 4 nitrogen and oxygen atoms in total. The third kappa shape index (κ3) is 3.48. The van der Waals surface area contributed by atoms with Gasteiger partial charge in [0.25, 0.3) is 5.91 Å². The number of likely N-dealkylation sites (tertiary alicyclic amines) is 1. The minimum absolute atomic E-state index is 0.0913. The molecule has 0 saturated carbocycles. The molecule has 0 bridgehead atoms. The molecule has 5 rings (SSSR count). The summed E-state index contributed by atoms with van der Waals surface area (Å²) < 4.78 is 40.9. The van der Waals surface area contributed by atoms with Crippen LogP contribution in [0.2, 0.25) is 10.0 Å². The number of fused-ring (bicyclic) bond motifs is 1. The Morgan fingerprint density at radius 2 is 1.56 bits per heavy atom. The average molecular weight is 476 g/mol. The van der Waals surface area contributed by atoms with Gasteiger partial charge in [-0.2, -0.15) is 0 Å². The van der Waals surface area contributed by atoms with Crippen LogP contribution in [0.5, 0.6) is 11.5 Å². The molecule has 8 heteroatoms. The van der Waals surface area contributed by atoms with E-state index in [-0.39, 0.29) is 22.1 Å². The Labute approximate surface area is 193 Å². The quantitative estimate of drug-likeness (QED) is 0.453. The van der Waals surface area contributed by atoms with Crippen molar-refractivity contribution in [3.8, 4) is 11.5 Å². The maximum absolute atomic E-state index is 14.9. The van der Waals surface area contributed by atoms with Crippen molar-refractivity contribution < 1.29 is 23.0 Å². The highest BCUT2D eigenvalue weighted by atomic mass is 35.5. The van der Waals surface area contributed by atoms with Gasteiger partial charge in [0.15, 0.2) is 11.5 Å². The van der Waals surface area contributed by atoms with Gasteiger partial charge >= 0.3 is 5.79 Å². The lowest BCUT2D eigenvalue weighted by Crippen LogP contribution is -2.37. The van der Waals surface area contributed by atoms with Gasteiger partial charge in [0.2, 0.25) is 0 Å². The molecule has 1 fully saturated rings. The van der Waals surface area contributed by atoms with Crippen LogP contribution in [0.1, 0.15) is 34.3 Å². The average Bonchev–Trinajstić information content (AvgIpc) is 3.41. The van der Waals surface area contributed by atoms with Crippen LogP contribution in [0.25, 0.3) is 0 Å². The minimum Gasteiger partial charge on any atom is -0.440 e. The Morgan fingerprint density at radius 1 is 0.906 bits per heavy atom. The third-order valence-electron chi connectivity index (χ3n) is 5.67. The molecule has 0 spiro atoms. The molecule has 3 aromatic rings. The van der Waals surface area contributed by atoms with Crippen molar-refractivity contribution >= 4 is 29.1 Å². The molecule has 164 valence electrons. The van der Waals surface area contributed by atoms with E-state index in [4.69, 9.17) is 32.7 Å². The van der Waals surface area contributed by atoms with Crippen molar-refractivity contribution in [1.82, 2.24) is 4.90 Å². The molecule has 0 aromatic heterocycles. The van der Waals surface area contributed by atoms with Crippen molar-refractivity contribution in [2.24, 2.45) is 0 Å². The van der Waals surface area contributed by atoms with Crippen LogP contribution in [0.4, 0.5) is 8.78 Å². The van der Waals surface area contributed by atoms with Gasteiger partial charge in [-0.15, -0.1) is 0 Å². The molecule has 3 aromatic carbocycles. The van der Waals surface area contributed by atoms with Gasteiger partial charge in [-0.25, -0.2) is 8.78 Å². The van der Waals surface area contributed by atoms with Gasteiger partial charge < -0.3 is 14.4 Å². The van der Waals surface area contributed by atoms with E-state index < -0.39 is 23.3 Å². The Hall–Kier alpha value is -2.83. The Balaban J connectivity index is 1.62. The predicted molar refractivity (Wildman–Crippen MR) is 116 cm³/mol. The van der Waals surface area contributed by atoms with Crippen molar-refractivity contribution in [2.45, 2.75) is 18.6 Å². The molecular weight excluding hydrogens is 459 g/mol. The lowest BCUT2D eigenvalue weighted by atomic mass is 9.97. The van der Waals surface area contributed by atoms with Crippen LogP contribution in [0.15, 0.2) is 54.6 Å². The molecule has 1 unspecified atom stereocenters. The molecule has 0 N–H and O–H groups in total. The molecular formula is C24H17Cl2F2NO3. The Bertz CT molecular complexity index is 1210. The van der Waals surface area contributed by atoms with Crippen molar-refractivity contribution in [3.05, 3.63) is 93.0 Å². The zero-order valence-electron chi connectivity index (χ0n) is 16.7. The summed E-state index contributed by atoms with van der Waals surface area (Å²) in [6.45, 7) is 1.18. The molecule has 0 aliphatic carbocycles. The second kappa shape index (κ2) is 7.94. The first-order valence-electron chi connectivity index (χ1n) is 10.1. The summed E-state index contributed by atoms with van der Waals surface area (Å²) in [6.07, 6.45) is 1.78. The van der Waals surface area contributed by atoms with Crippen molar-refractivity contribution in [2.75, 3.05) is 13.1 Å². The molecule has 32 heavy (non-hydrogen) atoms. The Kier molecular flexibility index (Phi) is 5.22. The summed E-state index contributed by atoms with van der Waals surface area (Å²) >= 11 is 12.5. The summed E-state index contributed by atoms with van der Waals surface area (Å²) in [5, 5.41) is 0.663. The van der Waals surface area contributed by atoms with Crippen LogP contribution >= 0.6 is 23.2 Å². The Morgan fingerprint density at radius 3 is 2.22 bits per heavy atom. The van der Waals surface area contributed by atoms with Crippen LogP contribution < -0.4 is 9.47 Å². The third-order valence-corrected chi connectivity index (χ3v) is 6.22. The SMILES string of the molecule is O=C(c1cc2c(cc1F)OC(c1ccc(F)cc1)(c1ccc(Cl)cc1Cl)O2)N1CCCC1. The lowest BCUT2D eigenvalue weighted by Gasteiger charge is -2.29. The number of ether oxygens (including phenoxy) is 2. The maximum Gasteiger partial charge on any atom is 0.307 e. The van der Waals surface area contributed by atoms with Gasteiger partial charge in [0.1, 0.15) is 11.6 Å². The first-order chi connectivity index (χ1) is 15.4. The minimum atomic E-state index is -1.61. The molecule has 0 radical (unpaired) electrons. The fraction of sp³-hybridized carbons (Fsp3) is 0.208. The first-order valence-corrected chi connectivity index (χ1v) is 10.9. The summed E-state index contributed by atoms with van der Waals surface area (Å²) in [7, 11) is 0. The van der Waals surface area contributed by atoms with Crippen molar-refractivity contribution in [3.63, 3.8) is 0 Å².